The van der Waals surface area contributed by atoms with Gasteiger partial charge in [0.05, 0.1) is 28.0 Å². The lowest BCUT2D eigenvalue weighted by Gasteiger charge is -2.42. The Hall–Kier alpha value is -3.36. The molecule has 0 aliphatic carbocycles. The summed E-state index contributed by atoms with van der Waals surface area (Å²) in [6, 6.07) is 37.3. The number of halogens is 4. The van der Waals surface area contributed by atoms with Crippen LogP contribution < -0.4 is 0 Å². The van der Waals surface area contributed by atoms with Crippen LogP contribution in [0.4, 0.5) is 0 Å². The lowest BCUT2D eigenvalue weighted by molar-refractivity contribution is 0.492. The lowest BCUT2D eigenvalue weighted by Crippen LogP contribution is -2.45. The number of pyridine rings is 2. The molecular weight excluding hydrogens is 778 g/mol. The van der Waals surface area contributed by atoms with Gasteiger partial charge in [-0.2, -0.15) is 0 Å². The number of nitrogens with zero attached hydrogens (tertiary/aromatic N) is 4. The van der Waals surface area contributed by atoms with Crippen molar-refractivity contribution in [3.05, 3.63) is 155 Å². The summed E-state index contributed by atoms with van der Waals surface area (Å²) in [6.45, 7) is 4.17. The smallest absolute Gasteiger partial charge is 0.132 e. The van der Waals surface area contributed by atoms with E-state index in [2.05, 4.69) is 118 Å². The highest BCUT2D eigenvalue weighted by Crippen LogP contribution is 2.54. The monoisotopic (exact) mass is 809 g/mol. The van der Waals surface area contributed by atoms with Crippen molar-refractivity contribution in [3.63, 3.8) is 0 Å². The summed E-state index contributed by atoms with van der Waals surface area (Å²) in [5.74, 6) is 0.883. The van der Waals surface area contributed by atoms with Gasteiger partial charge in [0.1, 0.15) is 8.77 Å². The van der Waals surface area contributed by atoms with Crippen LogP contribution in [0.25, 0.3) is 21.8 Å². The van der Waals surface area contributed by atoms with Crippen LogP contribution >= 0.6 is 55.1 Å². The van der Waals surface area contributed by atoms with Crippen LogP contribution in [-0.4, -0.2) is 53.9 Å². The van der Waals surface area contributed by atoms with E-state index in [0.717, 1.165) is 61.9 Å². The van der Waals surface area contributed by atoms with Crippen molar-refractivity contribution < 1.29 is 0 Å². The standard InChI is InChI=1S/C20H15Br2ClN2.C20H17ClN2.BH/c1-19(12-23)20(21,22)16-8-4-3-7-15(16)18(25-19)14-10-13-6-2-5-9-17(13)24-11-14;1-20(13-21)11-15-7-2-4-8-17(15)19(23-20)16-10-14-6-3-5-9-18(14)22-12-16;/h2-11H,12H2,1H3;2-10,12H,11,13H2,1H3;1H/i;;1D. The van der Waals surface area contributed by atoms with E-state index >= 15 is 0 Å². The average Bonchev–Trinajstić information content (AvgIpc) is 3.16. The molecule has 244 valence electrons. The van der Waals surface area contributed by atoms with Crippen LogP contribution in [0.2, 0.25) is 0 Å². The number of para-hydroxylation sites is 2. The van der Waals surface area contributed by atoms with Crippen LogP contribution in [-0.2, 0) is 9.65 Å². The minimum atomic E-state index is -0.538. The third-order valence-corrected chi connectivity index (χ3v) is 12.7. The summed E-state index contributed by atoms with van der Waals surface area (Å²) in [5.41, 5.74) is 9.83. The Balaban J connectivity index is 0.000000165. The second-order valence-corrected chi connectivity index (χ2v) is 16.7. The van der Waals surface area contributed by atoms with Crippen molar-refractivity contribution in [2.75, 3.05) is 11.8 Å². The van der Waals surface area contributed by atoms with Crippen molar-refractivity contribution in [1.82, 2.24) is 9.97 Å². The second kappa shape index (κ2) is 14.1. The minimum Gasteiger partial charge on any atom is -0.276 e. The van der Waals surface area contributed by atoms with Crippen molar-refractivity contribution in [3.8, 4) is 0 Å². The highest BCUT2D eigenvalue weighted by molar-refractivity contribution is 9.24. The van der Waals surface area contributed by atoms with Crippen molar-refractivity contribution in [2.45, 2.75) is 34.6 Å². The van der Waals surface area contributed by atoms with Crippen LogP contribution in [0.3, 0.4) is 0 Å². The highest BCUT2D eigenvalue weighted by atomic mass is 79.9. The van der Waals surface area contributed by atoms with Gasteiger partial charge in [0.2, 0.25) is 0 Å². The fourth-order valence-electron chi connectivity index (χ4n) is 6.35. The molecule has 2 aliphatic heterocycles. The minimum absolute atomic E-state index is 0.267. The first-order chi connectivity index (χ1) is 24.1. The predicted octanol–water partition coefficient (Wildman–Crippen LogP) is 10.0. The molecule has 0 fully saturated rings. The molecule has 0 saturated heterocycles. The van der Waals surface area contributed by atoms with Crippen molar-refractivity contribution in [1.29, 1.82) is 1.34 Å². The molecular formula is C40H33BBr2Cl2N4. The quantitative estimate of drug-likeness (QED) is 0.132. The molecule has 9 heteroatoms. The number of aromatic nitrogens is 2. The molecule has 2 radical (unpaired) electrons. The highest BCUT2D eigenvalue weighted by Gasteiger charge is 2.50. The normalized spacial score (nSPS) is 20.7. The van der Waals surface area contributed by atoms with E-state index in [9.17, 15) is 0 Å². The van der Waals surface area contributed by atoms with Gasteiger partial charge in [-0.25, -0.2) is 0 Å². The fourth-order valence-corrected chi connectivity index (χ4v) is 8.23. The van der Waals surface area contributed by atoms with Crippen LogP contribution in [0.15, 0.2) is 132 Å². The van der Waals surface area contributed by atoms with Crippen molar-refractivity contribution >= 4 is 96.7 Å². The summed E-state index contributed by atoms with van der Waals surface area (Å²) >= 11 is 20.2. The maximum absolute atomic E-state index is 6.34. The number of benzene rings is 4. The van der Waals surface area contributed by atoms with Gasteiger partial charge in [0.25, 0.3) is 0 Å². The Labute approximate surface area is 317 Å². The first-order valence-corrected chi connectivity index (χ1v) is 18.4. The molecule has 8 rings (SSSR count). The Morgan fingerprint density at radius 3 is 1.78 bits per heavy atom. The zero-order chi connectivity index (χ0) is 35.5. The van der Waals surface area contributed by atoms with Crippen LogP contribution in [0, 0.1) is 0 Å². The molecule has 0 N–H and O–H groups in total. The molecule has 2 atom stereocenters. The van der Waals surface area contributed by atoms with E-state index in [1.807, 2.05) is 67.8 Å². The van der Waals surface area contributed by atoms with Crippen LogP contribution in [0.5, 0.6) is 0 Å². The van der Waals surface area contributed by atoms with E-state index in [4.69, 9.17) is 34.5 Å². The Kier molecular flexibility index (Phi) is 9.82. The number of rotatable bonds is 4. The summed E-state index contributed by atoms with van der Waals surface area (Å²) < 4.78 is 4.74. The number of fused-ring (bicyclic) bond motifs is 4. The van der Waals surface area contributed by atoms with E-state index in [1.54, 1.807) is 0 Å². The first kappa shape index (κ1) is 34.1. The van der Waals surface area contributed by atoms with E-state index in [1.165, 1.54) is 11.1 Å². The zero-order valence-electron chi connectivity index (χ0n) is 28.0. The molecule has 4 heterocycles. The molecule has 2 aliphatic rings. The molecule has 2 unspecified atom stereocenters. The van der Waals surface area contributed by atoms with Gasteiger partial charge in [-0.3, -0.25) is 20.0 Å². The lowest BCUT2D eigenvalue weighted by atomic mass is 9.84. The maximum Gasteiger partial charge on any atom is 0.132 e. The number of hydrogen-bond acceptors (Lipinski definition) is 4. The van der Waals surface area contributed by atoms with Gasteiger partial charge in [-0.1, -0.05) is 117 Å². The fraction of sp³-hybridized carbons (Fsp3) is 0.200. The molecule has 0 spiro atoms. The van der Waals surface area contributed by atoms with Crippen LogP contribution in [0.1, 0.15) is 47.2 Å². The van der Waals surface area contributed by atoms with Gasteiger partial charge in [0, 0.05) is 65.6 Å². The maximum atomic E-state index is 6.34. The predicted molar refractivity (Wildman–Crippen MR) is 216 cm³/mol. The molecule has 4 nitrogen and oxygen atoms in total. The Morgan fingerprint density at radius 2 is 1.18 bits per heavy atom. The Morgan fingerprint density at radius 1 is 0.673 bits per heavy atom. The van der Waals surface area contributed by atoms with Crippen molar-refractivity contribution in [2.24, 2.45) is 9.98 Å². The number of aliphatic imine (C=N–C) groups is 2. The molecule has 4 aromatic carbocycles. The molecule has 0 saturated carbocycles. The number of alkyl halides is 4. The topological polar surface area (TPSA) is 50.5 Å². The molecule has 49 heavy (non-hydrogen) atoms. The molecule has 0 amide bonds. The summed E-state index contributed by atoms with van der Waals surface area (Å²) in [7, 11) is 3.75. The number of hydrogen-bond donors (Lipinski definition) is 0. The molecule has 0 bridgehead atoms. The van der Waals surface area contributed by atoms with Gasteiger partial charge >= 0.3 is 0 Å². The summed E-state index contributed by atoms with van der Waals surface area (Å²) in [5, 5.41) is 2.23. The van der Waals surface area contributed by atoms with E-state index in [-0.39, 0.29) is 5.54 Å². The summed E-state index contributed by atoms with van der Waals surface area (Å²) in [6.07, 6.45) is 4.68. The van der Waals surface area contributed by atoms with Gasteiger partial charge in [-0.05, 0) is 57.0 Å². The second-order valence-electron chi connectivity index (χ2n) is 12.7. The molecule has 2 aromatic heterocycles. The van der Waals surface area contributed by atoms with E-state index < -0.39 is 8.77 Å². The summed E-state index contributed by atoms with van der Waals surface area (Å²) in [4.78, 5) is 19.2. The van der Waals surface area contributed by atoms with Gasteiger partial charge < -0.3 is 0 Å². The third kappa shape index (κ3) is 6.63. The average molecular weight is 812 g/mol. The SMILES string of the molecule is CC1(CCl)Cc2ccccc2C(c2cnc3ccccc3c2)=N1.CC1(CCl)N=C(c2cnc3ccccc3c2)c2ccccc2C1(Br)Br.[2H][B]. The first-order valence-electron chi connectivity index (χ1n) is 16.3. The zero-order valence-corrected chi connectivity index (χ0v) is 31.7. The van der Waals surface area contributed by atoms with Gasteiger partial charge in [-0.15, -0.1) is 23.2 Å². The molecule has 6 aromatic rings. The van der Waals surface area contributed by atoms with Gasteiger partial charge in [0.15, 0.2) is 0 Å². The van der Waals surface area contributed by atoms with E-state index in [0.29, 0.717) is 11.8 Å². The Bertz CT molecular complexity index is 2250. The largest absolute Gasteiger partial charge is 0.276 e. The third-order valence-electron chi connectivity index (χ3n) is 9.06.